The van der Waals surface area contributed by atoms with E-state index in [1.807, 2.05) is 42.5 Å². The number of rotatable bonds is 17. The van der Waals surface area contributed by atoms with Gasteiger partial charge in [-0.15, -0.1) is 13.2 Å². The predicted molar refractivity (Wildman–Crippen MR) is 179 cm³/mol. The molecule has 1 aromatic heterocycles. The molecule has 0 aliphatic carbocycles. The van der Waals surface area contributed by atoms with E-state index in [9.17, 15) is 4.79 Å². The first-order chi connectivity index (χ1) is 21.3. The van der Waals surface area contributed by atoms with Gasteiger partial charge in [0.25, 0.3) is 5.91 Å². The van der Waals surface area contributed by atoms with Gasteiger partial charge in [-0.1, -0.05) is 31.6 Å². The lowest BCUT2D eigenvalue weighted by Crippen LogP contribution is -2.48. The van der Waals surface area contributed by atoms with Gasteiger partial charge in [0, 0.05) is 24.1 Å². The fraction of sp³-hybridized carbons (Fsp3) is 0.351. The van der Waals surface area contributed by atoms with E-state index in [0.717, 1.165) is 89.2 Å². The summed E-state index contributed by atoms with van der Waals surface area (Å²) >= 11 is 0. The Balaban J connectivity index is 1.53. The Morgan fingerprint density at radius 1 is 1.00 bits per heavy atom. The van der Waals surface area contributed by atoms with Crippen LogP contribution in [0.2, 0.25) is 0 Å². The normalized spacial score (nSPS) is 11.4. The molecular weight excluding hydrogens is 550 g/mol. The number of nitrogens with one attached hydrogen (secondary N) is 1. The molecule has 1 N–H and O–H groups in total. The largest absolute Gasteiger partial charge is 0.497 e. The molecule has 1 amide bonds. The molecule has 7 nitrogen and oxygen atoms in total. The Kier molecular flexibility index (Phi) is 11.4. The third-order valence-electron chi connectivity index (χ3n) is 7.59. The van der Waals surface area contributed by atoms with Crippen molar-refractivity contribution in [2.45, 2.75) is 39.0 Å². The predicted octanol–water partition coefficient (Wildman–Crippen LogP) is 7.39. The van der Waals surface area contributed by atoms with Crippen LogP contribution in [0.25, 0.3) is 33.7 Å². The summed E-state index contributed by atoms with van der Waals surface area (Å²) in [6.07, 6.45) is 8.10. The van der Waals surface area contributed by atoms with Crippen molar-refractivity contribution in [1.29, 1.82) is 0 Å². The molecule has 0 aliphatic heterocycles. The van der Waals surface area contributed by atoms with Gasteiger partial charge in [-0.05, 0) is 84.5 Å². The first kappa shape index (κ1) is 32.6. The van der Waals surface area contributed by atoms with Crippen molar-refractivity contribution in [1.82, 2.24) is 10.3 Å². The number of aromatic nitrogens is 1. The number of unbranched alkanes of at least 4 members (excludes halogenated alkanes) is 1. The van der Waals surface area contributed by atoms with Crippen molar-refractivity contribution in [2.24, 2.45) is 0 Å². The number of allylic oxidation sites excluding steroid dienone is 2. The van der Waals surface area contributed by atoms with Crippen molar-refractivity contribution >= 4 is 17.0 Å². The summed E-state index contributed by atoms with van der Waals surface area (Å²) in [7, 11) is 5.82. The van der Waals surface area contributed by atoms with Crippen molar-refractivity contribution in [3.8, 4) is 34.1 Å². The highest BCUT2D eigenvalue weighted by atomic mass is 16.5. The number of hydrogen-bond donors (Lipinski definition) is 1. The van der Waals surface area contributed by atoms with E-state index in [1.165, 1.54) is 0 Å². The molecule has 0 aliphatic rings. The van der Waals surface area contributed by atoms with Crippen LogP contribution in [0.5, 0.6) is 11.5 Å². The van der Waals surface area contributed by atoms with Gasteiger partial charge in [-0.3, -0.25) is 4.79 Å². The molecule has 0 atom stereocenters. The summed E-state index contributed by atoms with van der Waals surface area (Å²) in [5, 5.41) is 3.02. The second kappa shape index (κ2) is 15.4. The standard InChI is InChI=1S/C37H45N3O4/c1-7-10-20-38-35(41)26-40(4,5)21-11-22-43-34-19-16-29(25-30(34)13-9-3)32-23-27(12-8-2)24-33-36(32)44-37(39-33)28-14-17-31(42-6)18-15-28/h8-9,14-19,23-25H,2-3,7,10-13,20-22,26H2,1,4-6H3/p+1. The molecule has 44 heavy (non-hydrogen) atoms. The number of amides is 1. The number of carbonyl (C=O) groups is 1. The quantitative estimate of drug-likeness (QED) is 0.0782. The van der Waals surface area contributed by atoms with Crippen LogP contribution in [0.1, 0.15) is 37.3 Å². The van der Waals surface area contributed by atoms with E-state index in [0.29, 0.717) is 29.9 Å². The lowest BCUT2D eigenvalue weighted by molar-refractivity contribution is -0.882. The summed E-state index contributed by atoms with van der Waals surface area (Å²) < 4.78 is 18.6. The van der Waals surface area contributed by atoms with Crippen LogP contribution in [-0.2, 0) is 17.6 Å². The lowest BCUT2D eigenvalue weighted by Gasteiger charge is -2.29. The van der Waals surface area contributed by atoms with Crippen molar-refractivity contribution in [2.75, 3.05) is 47.4 Å². The summed E-state index contributed by atoms with van der Waals surface area (Å²) in [4.78, 5) is 17.1. The number of oxazole rings is 1. The number of hydrogen-bond acceptors (Lipinski definition) is 5. The minimum Gasteiger partial charge on any atom is -0.497 e. The van der Waals surface area contributed by atoms with Crippen LogP contribution in [0, 0.1) is 0 Å². The maximum absolute atomic E-state index is 12.3. The van der Waals surface area contributed by atoms with E-state index in [-0.39, 0.29) is 5.91 Å². The minimum absolute atomic E-state index is 0.0994. The van der Waals surface area contributed by atoms with Crippen LogP contribution >= 0.6 is 0 Å². The van der Waals surface area contributed by atoms with Gasteiger partial charge >= 0.3 is 0 Å². The zero-order valence-corrected chi connectivity index (χ0v) is 26.7. The molecule has 4 aromatic rings. The number of methoxy groups -OCH3 is 1. The molecule has 0 spiro atoms. The Hall–Kier alpha value is -4.36. The SMILES string of the molecule is C=CCc1cc(-c2ccc(OCCC[N+](C)(C)CC(=O)NCCCC)c(CC=C)c2)c2oc(-c3ccc(OC)cc3)nc2c1. The molecule has 0 saturated carbocycles. The first-order valence-electron chi connectivity index (χ1n) is 15.4. The zero-order valence-electron chi connectivity index (χ0n) is 26.7. The summed E-state index contributed by atoms with van der Waals surface area (Å²) in [6, 6.07) is 18.2. The number of ether oxygens (including phenoxy) is 2. The molecule has 0 bridgehead atoms. The number of fused-ring (bicyclic) bond motifs is 1. The highest BCUT2D eigenvalue weighted by molar-refractivity contribution is 5.92. The molecule has 7 heteroatoms. The molecule has 0 saturated heterocycles. The Morgan fingerprint density at radius 2 is 1.75 bits per heavy atom. The second-order valence-electron chi connectivity index (χ2n) is 11.8. The van der Waals surface area contributed by atoms with Crippen LogP contribution in [0.3, 0.4) is 0 Å². The molecule has 1 heterocycles. The maximum Gasteiger partial charge on any atom is 0.275 e. The number of carbonyl (C=O) groups excluding carboxylic acids is 1. The van der Waals surface area contributed by atoms with E-state index in [2.05, 4.69) is 63.8 Å². The smallest absolute Gasteiger partial charge is 0.275 e. The van der Waals surface area contributed by atoms with Crippen LogP contribution in [0.4, 0.5) is 0 Å². The highest BCUT2D eigenvalue weighted by Gasteiger charge is 2.20. The van der Waals surface area contributed by atoms with Crippen molar-refractivity contribution < 1.29 is 23.2 Å². The van der Waals surface area contributed by atoms with Crippen molar-refractivity contribution in [3.05, 3.63) is 91.0 Å². The molecule has 0 unspecified atom stereocenters. The molecule has 0 fully saturated rings. The summed E-state index contributed by atoms with van der Waals surface area (Å²) in [5.74, 6) is 2.28. The van der Waals surface area contributed by atoms with Crippen LogP contribution < -0.4 is 14.8 Å². The van der Waals surface area contributed by atoms with Crippen molar-refractivity contribution in [3.63, 3.8) is 0 Å². The average molecular weight is 597 g/mol. The maximum atomic E-state index is 12.3. The van der Waals surface area contributed by atoms with E-state index in [1.54, 1.807) is 7.11 Å². The topological polar surface area (TPSA) is 73.6 Å². The Labute approximate surface area is 261 Å². The van der Waals surface area contributed by atoms with Gasteiger partial charge in [-0.25, -0.2) is 4.98 Å². The molecular formula is C37H46N3O4+. The number of nitrogens with zero attached hydrogens (tertiary/aromatic N) is 2. The second-order valence-corrected chi connectivity index (χ2v) is 11.8. The molecule has 232 valence electrons. The molecule has 0 radical (unpaired) electrons. The number of likely N-dealkylation sites (N-methyl/N-ethyl adjacent to an activating group) is 1. The summed E-state index contributed by atoms with van der Waals surface area (Å²) in [5.41, 5.74) is 6.58. The minimum atomic E-state index is 0.0994. The molecule has 4 rings (SSSR count). The van der Waals surface area contributed by atoms with Gasteiger partial charge in [0.15, 0.2) is 12.1 Å². The monoisotopic (exact) mass is 596 g/mol. The van der Waals surface area contributed by atoms with Gasteiger partial charge in [-0.2, -0.15) is 0 Å². The Morgan fingerprint density at radius 3 is 2.45 bits per heavy atom. The summed E-state index contributed by atoms with van der Waals surface area (Å²) in [6.45, 7) is 12.6. The highest BCUT2D eigenvalue weighted by Crippen LogP contribution is 2.36. The third-order valence-corrected chi connectivity index (χ3v) is 7.59. The fourth-order valence-corrected chi connectivity index (χ4v) is 5.25. The number of quaternary nitrogens is 1. The van der Waals surface area contributed by atoms with E-state index >= 15 is 0 Å². The van der Waals surface area contributed by atoms with Gasteiger partial charge in [0.2, 0.25) is 5.89 Å². The van der Waals surface area contributed by atoms with Crippen LogP contribution in [0.15, 0.2) is 84.3 Å². The number of benzene rings is 3. The molecule has 3 aromatic carbocycles. The average Bonchev–Trinajstić information content (AvgIpc) is 3.44. The Bertz CT molecular complexity index is 1570. The van der Waals surface area contributed by atoms with Gasteiger partial charge < -0.3 is 23.7 Å². The van der Waals surface area contributed by atoms with E-state index < -0.39 is 0 Å². The lowest BCUT2D eigenvalue weighted by atomic mass is 9.97. The van der Waals surface area contributed by atoms with Gasteiger partial charge in [0.1, 0.15) is 17.0 Å². The third kappa shape index (κ3) is 8.60. The van der Waals surface area contributed by atoms with Crippen LogP contribution in [-0.4, -0.2) is 62.8 Å². The zero-order chi connectivity index (χ0) is 31.5. The van der Waals surface area contributed by atoms with E-state index in [4.69, 9.17) is 18.9 Å². The fourth-order valence-electron chi connectivity index (χ4n) is 5.25. The van der Waals surface area contributed by atoms with Gasteiger partial charge in [0.05, 0.1) is 34.4 Å². The first-order valence-corrected chi connectivity index (χ1v) is 15.4.